The van der Waals surface area contributed by atoms with Gasteiger partial charge in [-0.15, -0.1) is 0 Å². The van der Waals surface area contributed by atoms with Gasteiger partial charge in [0.15, 0.2) is 5.65 Å². The molecular weight excluding hydrogens is 532 g/mol. The second-order valence-electron chi connectivity index (χ2n) is 12.8. The number of nitrogens with two attached hydrogens (primary N) is 1. The van der Waals surface area contributed by atoms with Crippen LogP contribution in [0.1, 0.15) is 112 Å². The van der Waals surface area contributed by atoms with Crippen LogP contribution in [0.15, 0.2) is 24.5 Å². The molecule has 3 N–H and O–H groups in total. The Kier molecular flexibility index (Phi) is 7.65. The molecular formula is C29H39F2N7O3. The van der Waals surface area contributed by atoms with E-state index in [2.05, 4.69) is 10.4 Å². The Morgan fingerprint density at radius 3 is 2.46 bits per heavy atom. The Morgan fingerprint density at radius 2 is 1.90 bits per heavy atom. The van der Waals surface area contributed by atoms with Crippen molar-refractivity contribution in [3.8, 4) is 0 Å². The first-order valence-electron chi connectivity index (χ1n) is 14.2. The van der Waals surface area contributed by atoms with Gasteiger partial charge in [-0.1, -0.05) is 0 Å². The number of nitrogens with zero attached hydrogens (tertiary/aromatic N) is 5. The lowest BCUT2D eigenvalue weighted by Crippen LogP contribution is -2.39. The molecule has 0 bridgehead atoms. The Balaban J connectivity index is 1.42. The van der Waals surface area contributed by atoms with Gasteiger partial charge < -0.3 is 15.8 Å². The van der Waals surface area contributed by atoms with Gasteiger partial charge in [0.05, 0.1) is 47.9 Å². The summed E-state index contributed by atoms with van der Waals surface area (Å²) in [6.45, 7) is 10.0. The van der Waals surface area contributed by atoms with E-state index in [1.54, 1.807) is 21.5 Å². The van der Waals surface area contributed by atoms with E-state index in [-0.39, 0.29) is 55.7 Å². The van der Waals surface area contributed by atoms with E-state index in [0.717, 1.165) is 18.4 Å². The lowest BCUT2D eigenvalue weighted by atomic mass is 9.79. The highest BCUT2D eigenvalue weighted by Gasteiger charge is 2.46. The molecule has 0 spiro atoms. The van der Waals surface area contributed by atoms with Crippen molar-refractivity contribution in [2.75, 3.05) is 6.61 Å². The fraction of sp³-hybridized carbons (Fsp3) is 0.621. The number of imidazole rings is 1. The molecule has 3 heterocycles. The summed E-state index contributed by atoms with van der Waals surface area (Å²) in [7, 11) is 0. The Labute approximate surface area is 238 Å². The summed E-state index contributed by atoms with van der Waals surface area (Å²) in [6, 6.07) is 3.27. The van der Waals surface area contributed by atoms with Crippen LogP contribution < -0.4 is 11.1 Å². The predicted molar refractivity (Wildman–Crippen MR) is 148 cm³/mol. The maximum atomic E-state index is 13.2. The van der Waals surface area contributed by atoms with E-state index in [9.17, 15) is 18.4 Å². The van der Waals surface area contributed by atoms with Gasteiger partial charge in [-0.05, 0) is 77.0 Å². The van der Waals surface area contributed by atoms with Crippen molar-refractivity contribution in [2.24, 2.45) is 17.6 Å². The number of alkyl halides is 2. The summed E-state index contributed by atoms with van der Waals surface area (Å²) in [5, 5.41) is 12.4. The number of rotatable bonds is 11. The van der Waals surface area contributed by atoms with E-state index >= 15 is 0 Å². The molecule has 2 saturated carbocycles. The Hall–Kier alpha value is -3.41. The van der Waals surface area contributed by atoms with Crippen molar-refractivity contribution in [1.29, 1.82) is 0 Å². The van der Waals surface area contributed by atoms with Crippen molar-refractivity contribution in [2.45, 2.75) is 96.2 Å². The highest BCUT2D eigenvalue weighted by molar-refractivity contribution is 5.91. The average molecular weight is 572 g/mol. The third-order valence-corrected chi connectivity index (χ3v) is 7.67. The summed E-state index contributed by atoms with van der Waals surface area (Å²) in [4.78, 5) is 29.7. The predicted octanol–water partition coefficient (Wildman–Crippen LogP) is 4.56. The van der Waals surface area contributed by atoms with Crippen LogP contribution >= 0.6 is 0 Å². The second-order valence-corrected chi connectivity index (χ2v) is 12.8. The molecule has 0 unspecified atom stereocenters. The fourth-order valence-electron chi connectivity index (χ4n) is 5.39. The standard InChI is InChI=1S/C29H39F2N7O3/c1-16(2)38-23(27(32)40)10-21(36-38)20(15-41-28(3,4)5)22-14-37-24(34-22)9-19(13-33-37)26(18-6-7-18)35-25(39)8-17-11-29(30,31)12-17/h9-10,13-14,16-18,20,26H,6-8,11-12,15H2,1-5H3,(H2,32,40)(H,35,39)/t20-,26+/m0/s1. The van der Waals surface area contributed by atoms with Crippen LogP contribution in [0.25, 0.3) is 5.65 Å². The van der Waals surface area contributed by atoms with Gasteiger partial charge in [0, 0.05) is 25.3 Å². The first-order chi connectivity index (χ1) is 19.2. The van der Waals surface area contributed by atoms with Crippen molar-refractivity contribution in [3.63, 3.8) is 0 Å². The van der Waals surface area contributed by atoms with E-state index < -0.39 is 23.3 Å². The molecule has 2 aliphatic carbocycles. The van der Waals surface area contributed by atoms with Crippen LogP contribution in [-0.4, -0.2) is 54.3 Å². The van der Waals surface area contributed by atoms with E-state index in [0.29, 0.717) is 22.7 Å². The molecule has 0 aromatic carbocycles. The van der Waals surface area contributed by atoms with Crippen LogP contribution in [0.3, 0.4) is 0 Å². The number of carbonyl (C=O) groups is 2. The highest BCUT2D eigenvalue weighted by atomic mass is 19.3. The molecule has 0 aliphatic heterocycles. The number of halogens is 2. The number of fused-ring (bicyclic) bond motifs is 1. The van der Waals surface area contributed by atoms with Crippen LogP contribution in [-0.2, 0) is 9.53 Å². The monoisotopic (exact) mass is 571 g/mol. The number of hydrogen-bond acceptors (Lipinski definition) is 6. The smallest absolute Gasteiger partial charge is 0.266 e. The first-order valence-corrected chi connectivity index (χ1v) is 14.2. The number of carbonyl (C=O) groups excluding carboxylic acids is 2. The Bertz CT molecular complexity index is 1430. The molecule has 5 rings (SSSR count). The van der Waals surface area contributed by atoms with Gasteiger partial charge in [0.25, 0.3) is 5.91 Å². The molecule has 2 atom stereocenters. The minimum Gasteiger partial charge on any atom is -0.375 e. The number of amides is 2. The van der Waals surface area contributed by atoms with E-state index in [4.69, 9.17) is 20.6 Å². The zero-order chi connectivity index (χ0) is 29.7. The number of aromatic nitrogens is 5. The molecule has 12 heteroatoms. The third-order valence-electron chi connectivity index (χ3n) is 7.67. The second kappa shape index (κ2) is 10.8. The minimum atomic E-state index is -2.64. The third kappa shape index (κ3) is 6.74. The lowest BCUT2D eigenvalue weighted by molar-refractivity contribution is -0.134. The van der Waals surface area contributed by atoms with Crippen LogP contribution in [0.5, 0.6) is 0 Å². The molecule has 0 saturated heterocycles. The van der Waals surface area contributed by atoms with Crippen molar-refractivity contribution >= 4 is 17.5 Å². The molecule has 41 heavy (non-hydrogen) atoms. The molecule has 222 valence electrons. The zero-order valence-corrected chi connectivity index (χ0v) is 24.2. The molecule has 0 radical (unpaired) electrons. The minimum absolute atomic E-state index is 0.0731. The molecule has 10 nitrogen and oxygen atoms in total. The number of nitrogens with one attached hydrogen (secondary N) is 1. The normalized spacial score (nSPS) is 18.8. The van der Waals surface area contributed by atoms with Crippen LogP contribution in [0, 0.1) is 11.8 Å². The maximum absolute atomic E-state index is 13.2. The van der Waals surface area contributed by atoms with Crippen molar-refractivity contribution < 1.29 is 23.1 Å². The van der Waals surface area contributed by atoms with Gasteiger partial charge >= 0.3 is 0 Å². The number of ether oxygens (including phenoxy) is 1. The number of primary amides is 1. The summed E-state index contributed by atoms with van der Waals surface area (Å²) in [6.07, 6.45) is 5.14. The Morgan fingerprint density at radius 1 is 1.20 bits per heavy atom. The number of hydrogen-bond donors (Lipinski definition) is 2. The molecule has 2 amide bonds. The maximum Gasteiger partial charge on any atom is 0.266 e. The molecule has 3 aromatic rings. The van der Waals surface area contributed by atoms with Crippen molar-refractivity contribution in [1.82, 2.24) is 29.7 Å². The van der Waals surface area contributed by atoms with Crippen LogP contribution in [0.4, 0.5) is 8.78 Å². The first kappa shape index (κ1) is 29.1. The fourth-order valence-corrected chi connectivity index (χ4v) is 5.39. The SMILES string of the molecule is CC(C)n1nc([C@H](COC(C)(C)C)c2cn3ncc([C@H](NC(=O)CC4CC(F)(F)C4)C4CC4)cc3n2)cc1C(N)=O. The van der Waals surface area contributed by atoms with Gasteiger partial charge in [0.1, 0.15) is 5.69 Å². The van der Waals surface area contributed by atoms with E-state index in [1.165, 1.54) is 0 Å². The van der Waals surface area contributed by atoms with E-state index in [1.807, 2.05) is 46.9 Å². The molecule has 3 aromatic heterocycles. The molecule has 2 fully saturated rings. The molecule has 2 aliphatic rings. The van der Waals surface area contributed by atoms with Gasteiger partial charge in [-0.2, -0.15) is 10.2 Å². The summed E-state index contributed by atoms with van der Waals surface area (Å²) >= 11 is 0. The van der Waals surface area contributed by atoms with Crippen molar-refractivity contribution in [3.05, 3.63) is 47.2 Å². The lowest BCUT2D eigenvalue weighted by Gasteiger charge is -2.34. The van der Waals surface area contributed by atoms with Gasteiger partial charge in [-0.3, -0.25) is 14.3 Å². The largest absolute Gasteiger partial charge is 0.375 e. The van der Waals surface area contributed by atoms with Gasteiger partial charge in [0.2, 0.25) is 11.8 Å². The summed E-state index contributed by atoms with van der Waals surface area (Å²) < 4.78 is 35.9. The quantitative estimate of drug-likeness (QED) is 0.347. The van der Waals surface area contributed by atoms with Gasteiger partial charge in [-0.25, -0.2) is 18.3 Å². The van der Waals surface area contributed by atoms with Crippen LogP contribution in [0.2, 0.25) is 0 Å². The average Bonchev–Trinajstić information content (AvgIpc) is 3.44. The highest BCUT2D eigenvalue weighted by Crippen LogP contribution is 2.45. The summed E-state index contributed by atoms with van der Waals surface area (Å²) in [5.74, 6) is -3.80. The topological polar surface area (TPSA) is 129 Å². The zero-order valence-electron chi connectivity index (χ0n) is 24.2. The summed E-state index contributed by atoms with van der Waals surface area (Å²) in [5.41, 5.74) is 8.24.